The quantitative estimate of drug-likeness (QED) is 0.884. The largest absolute Gasteiger partial charge is 0.330 e. The van der Waals surface area contributed by atoms with Gasteiger partial charge >= 0.3 is 0 Å². The number of rotatable bonds is 2. The molecular weight excluding hydrogens is 242 g/mol. The maximum absolute atomic E-state index is 5.78. The van der Waals surface area contributed by atoms with Crippen LogP contribution in [0, 0.1) is 5.92 Å². The first-order chi connectivity index (χ1) is 6.81. The van der Waals surface area contributed by atoms with E-state index < -0.39 is 0 Å². The second kappa shape index (κ2) is 4.45. The zero-order valence-electron chi connectivity index (χ0n) is 8.19. The first-order valence-electron chi connectivity index (χ1n) is 5.21. The third-order valence-electron chi connectivity index (χ3n) is 3.08. The Hall–Kier alpha value is -0.350. The van der Waals surface area contributed by atoms with Crippen LogP contribution in [0.15, 0.2) is 16.9 Å². The smallest absolute Gasteiger partial charge is 0.0632 e. The average Bonchev–Trinajstić information content (AvgIpc) is 2.65. The fourth-order valence-corrected chi connectivity index (χ4v) is 2.61. The fourth-order valence-electron chi connectivity index (χ4n) is 2.31. The van der Waals surface area contributed by atoms with E-state index in [9.17, 15) is 0 Å². The van der Waals surface area contributed by atoms with Crippen molar-refractivity contribution >= 4 is 15.9 Å². The van der Waals surface area contributed by atoms with Crippen LogP contribution in [0.4, 0.5) is 0 Å². The maximum atomic E-state index is 5.78. The van der Waals surface area contributed by atoms with Crippen LogP contribution < -0.4 is 5.73 Å². The molecule has 0 amide bonds. The van der Waals surface area contributed by atoms with Crippen molar-refractivity contribution in [1.29, 1.82) is 0 Å². The van der Waals surface area contributed by atoms with E-state index in [0.29, 0.717) is 12.0 Å². The van der Waals surface area contributed by atoms with Crippen molar-refractivity contribution in [2.45, 2.75) is 31.7 Å². The van der Waals surface area contributed by atoms with Gasteiger partial charge in [0.25, 0.3) is 0 Å². The Bertz CT molecular complexity index is 297. The van der Waals surface area contributed by atoms with Crippen LogP contribution in [0.3, 0.4) is 0 Å². The monoisotopic (exact) mass is 257 g/mol. The molecule has 4 heteroatoms. The Morgan fingerprint density at radius 1 is 1.50 bits per heavy atom. The Balaban J connectivity index is 2.14. The summed E-state index contributed by atoms with van der Waals surface area (Å²) in [4.78, 5) is 0. The van der Waals surface area contributed by atoms with Crippen LogP contribution in [0.5, 0.6) is 0 Å². The van der Waals surface area contributed by atoms with Gasteiger partial charge in [-0.05, 0) is 41.2 Å². The van der Waals surface area contributed by atoms with E-state index in [2.05, 4.69) is 31.9 Å². The first kappa shape index (κ1) is 10.2. The van der Waals surface area contributed by atoms with E-state index in [1.54, 1.807) is 0 Å². The second-order valence-corrected chi connectivity index (χ2v) is 4.90. The molecule has 2 rings (SSSR count). The molecular formula is C10H16BrN3. The summed E-state index contributed by atoms with van der Waals surface area (Å²) in [6.45, 7) is 0.780. The molecule has 3 nitrogen and oxygen atoms in total. The molecule has 1 aromatic rings. The third kappa shape index (κ3) is 2.01. The molecule has 0 spiro atoms. The van der Waals surface area contributed by atoms with Crippen molar-refractivity contribution in [2.24, 2.45) is 11.7 Å². The number of halogens is 1. The number of hydrogen-bond donors (Lipinski definition) is 1. The molecule has 2 unspecified atom stereocenters. The van der Waals surface area contributed by atoms with Crippen molar-refractivity contribution in [3.63, 3.8) is 0 Å². The highest BCUT2D eigenvalue weighted by atomic mass is 79.9. The summed E-state index contributed by atoms with van der Waals surface area (Å²) in [5, 5.41) is 4.35. The van der Waals surface area contributed by atoms with Gasteiger partial charge in [0.05, 0.1) is 16.7 Å². The predicted octanol–water partition coefficient (Wildman–Crippen LogP) is 2.34. The van der Waals surface area contributed by atoms with Crippen molar-refractivity contribution in [3.8, 4) is 0 Å². The molecule has 0 saturated heterocycles. The van der Waals surface area contributed by atoms with Crippen LogP contribution in [0.2, 0.25) is 0 Å². The SMILES string of the molecule is NCC1CCCCC1n1cc(Br)cn1. The molecule has 1 fully saturated rings. The van der Waals surface area contributed by atoms with Gasteiger partial charge in [-0.2, -0.15) is 5.10 Å². The molecule has 1 aliphatic rings. The van der Waals surface area contributed by atoms with Crippen molar-refractivity contribution in [2.75, 3.05) is 6.54 Å². The van der Waals surface area contributed by atoms with Gasteiger partial charge in [0, 0.05) is 6.20 Å². The zero-order valence-corrected chi connectivity index (χ0v) is 9.78. The fraction of sp³-hybridized carbons (Fsp3) is 0.700. The minimum absolute atomic E-state index is 0.514. The number of aromatic nitrogens is 2. The Morgan fingerprint density at radius 2 is 2.29 bits per heavy atom. The molecule has 0 aliphatic heterocycles. The molecule has 14 heavy (non-hydrogen) atoms. The molecule has 1 heterocycles. The number of nitrogens with two attached hydrogens (primary N) is 1. The van der Waals surface area contributed by atoms with Crippen LogP contribution >= 0.6 is 15.9 Å². The normalized spacial score (nSPS) is 27.9. The lowest BCUT2D eigenvalue weighted by Crippen LogP contribution is -2.29. The highest BCUT2D eigenvalue weighted by Crippen LogP contribution is 2.33. The van der Waals surface area contributed by atoms with Crippen LogP contribution in [0.1, 0.15) is 31.7 Å². The molecule has 78 valence electrons. The van der Waals surface area contributed by atoms with E-state index in [4.69, 9.17) is 5.73 Å². The van der Waals surface area contributed by atoms with Crippen LogP contribution in [0.25, 0.3) is 0 Å². The van der Waals surface area contributed by atoms with Crippen molar-refractivity contribution in [1.82, 2.24) is 9.78 Å². The van der Waals surface area contributed by atoms with Gasteiger partial charge in [-0.3, -0.25) is 4.68 Å². The third-order valence-corrected chi connectivity index (χ3v) is 3.49. The summed E-state index contributed by atoms with van der Waals surface area (Å²) in [5.74, 6) is 0.607. The molecule has 1 saturated carbocycles. The lowest BCUT2D eigenvalue weighted by atomic mass is 9.85. The van der Waals surface area contributed by atoms with E-state index in [1.165, 1.54) is 25.7 Å². The highest BCUT2D eigenvalue weighted by Gasteiger charge is 2.25. The lowest BCUT2D eigenvalue weighted by molar-refractivity contribution is 0.229. The van der Waals surface area contributed by atoms with Gasteiger partial charge in [-0.25, -0.2) is 0 Å². The van der Waals surface area contributed by atoms with Gasteiger partial charge in [0.2, 0.25) is 0 Å². The Morgan fingerprint density at radius 3 is 2.93 bits per heavy atom. The van der Waals surface area contributed by atoms with E-state index in [1.807, 2.05) is 6.20 Å². The summed E-state index contributed by atoms with van der Waals surface area (Å²) in [6.07, 6.45) is 8.99. The number of nitrogens with zero attached hydrogens (tertiary/aromatic N) is 2. The Kier molecular flexibility index (Phi) is 3.23. The summed E-state index contributed by atoms with van der Waals surface area (Å²) < 4.78 is 3.12. The Labute approximate surface area is 92.8 Å². The van der Waals surface area contributed by atoms with E-state index in [-0.39, 0.29) is 0 Å². The first-order valence-corrected chi connectivity index (χ1v) is 6.00. The predicted molar refractivity (Wildman–Crippen MR) is 60.0 cm³/mol. The minimum atomic E-state index is 0.514. The highest BCUT2D eigenvalue weighted by molar-refractivity contribution is 9.10. The zero-order chi connectivity index (χ0) is 9.97. The standard InChI is InChI=1S/C10H16BrN3/c11-9-6-13-14(7-9)10-4-2-1-3-8(10)5-12/h6-8,10H,1-5,12H2. The van der Waals surface area contributed by atoms with Crippen molar-refractivity contribution < 1.29 is 0 Å². The maximum Gasteiger partial charge on any atom is 0.0632 e. The molecule has 0 bridgehead atoms. The molecule has 1 aliphatic carbocycles. The molecule has 2 N–H and O–H groups in total. The van der Waals surface area contributed by atoms with E-state index >= 15 is 0 Å². The lowest BCUT2D eigenvalue weighted by Gasteiger charge is -2.30. The topological polar surface area (TPSA) is 43.8 Å². The second-order valence-electron chi connectivity index (χ2n) is 3.99. The van der Waals surface area contributed by atoms with Gasteiger partial charge in [0.15, 0.2) is 0 Å². The molecule has 0 radical (unpaired) electrons. The molecule has 1 aromatic heterocycles. The average molecular weight is 258 g/mol. The summed E-state index contributed by atoms with van der Waals surface area (Å²) in [6, 6.07) is 0.514. The summed E-state index contributed by atoms with van der Waals surface area (Å²) in [7, 11) is 0. The van der Waals surface area contributed by atoms with Gasteiger partial charge < -0.3 is 5.73 Å². The minimum Gasteiger partial charge on any atom is -0.330 e. The van der Waals surface area contributed by atoms with Crippen LogP contribution in [-0.2, 0) is 0 Å². The van der Waals surface area contributed by atoms with Gasteiger partial charge in [0.1, 0.15) is 0 Å². The summed E-state index contributed by atoms with van der Waals surface area (Å²) in [5.41, 5.74) is 5.78. The number of hydrogen-bond acceptors (Lipinski definition) is 2. The van der Waals surface area contributed by atoms with Gasteiger partial charge in [-0.15, -0.1) is 0 Å². The summed E-state index contributed by atoms with van der Waals surface area (Å²) >= 11 is 3.43. The van der Waals surface area contributed by atoms with Gasteiger partial charge in [-0.1, -0.05) is 12.8 Å². The van der Waals surface area contributed by atoms with Crippen LogP contribution in [-0.4, -0.2) is 16.3 Å². The molecule has 2 atom stereocenters. The van der Waals surface area contributed by atoms with Crippen molar-refractivity contribution in [3.05, 3.63) is 16.9 Å². The molecule has 0 aromatic carbocycles. The van der Waals surface area contributed by atoms with E-state index in [0.717, 1.165) is 11.0 Å².